The van der Waals surface area contributed by atoms with Crippen molar-refractivity contribution in [3.8, 4) is 0 Å². The van der Waals surface area contributed by atoms with Crippen molar-refractivity contribution in [1.29, 1.82) is 0 Å². The summed E-state index contributed by atoms with van der Waals surface area (Å²) in [5, 5.41) is 15.0. The van der Waals surface area contributed by atoms with Gasteiger partial charge in [-0.3, -0.25) is 0 Å². The Morgan fingerprint density at radius 1 is 1.59 bits per heavy atom. The van der Waals surface area contributed by atoms with Crippen molar-refractivity contribution in [1.82, 2.24) is 15.5 Å². The van der Waals surface area contributed by atoms with Crippen LogP contribution in [0.4, 0.5) is 4.79 Å². The van der Waals surface area contributed by atoms with Crippen LogP contribution in [0, 0.1) is 6.92 Å². The van der Waals surface area contributed by atoms with Gasteiger partial charge in [0.25, 0.3) is 0 Å². The van der Waals surface area contributed by atoms with Crippen molar-refractivity contribution in [3.05, 3.63) is 11.7 Å². The molecule has 4 N–H and O–H groups in total. The minimum absolute atomic E-state index is 0.0547. The average Bonchev–Trinajstić information content (AvgIpc) is 2.67. The predicted molar refractivity (Wildman–Crippen MR) is 58.6 cm³/mol. The summed E-state index contributed by atoms with van der Waals surface area (Å²) < 4.78 is 5.11. The van der Waals surface area contributed by atoms with Gasteiger partial charge < -0.3 is 20.7 Å². The van der Waals surface area contributed by atoms with E-state index >= 15 is 0 Å². The molecule has 1 aromatic rings. The second-order valence-electron chi connectivity index (χ2n) is 4.42. The van der Waals surface area contributed by atoms with Crippen LogP contribution in [-0.4, -0.2) is 33.4 Å². The minimum atomic E-state index is -1.04. The number of aryl methyl sites for hydroxylation is 1. The first kappa shape index (κ1) is 11.8. The monoisotopic (exact) mass is 240 g/mol. The molecule has 0 radical (unpaired) electrons. The lowest BCUT2D eigenvalue weighted by Gasteiger charge is -2.32. The summed E-state index contributed by atoms with van der Waals surface area (Å²) in [7, 11) is 0. The van der Waals surface area contributed by atoms with E-state index in [0.717, 1.165) is 6.42 Å². The SMILES string of the molecule is Cc1noc([C@H]2C[C@H](N)CC[C@@H]2NC(=O)O)n1. The van der Waals surface area contributed by atoms with Gasteiger partial charge in [-0.15, -0.1) is 0 Å². The highest BCUT2D eigenvalue weighted by molar-refractivity contribution is 5.65. The molecule has 7 heteroatoms. The first-order valence-corrected chi connectivity index (χ1v) is 5.61. The Bertz CT molecular complexity index is 406. The van der Waals surface area contributed by atoms with Gasteiger partial charge in [-0.05, 0) is 26.2 Å². The molecule has 1 saturated carbocycles. The molecule has 2 rings (SSSR count). The minimum Gasteiger partial charge on any atom is -0.465 e. The van der Waals surface area contributed by atoms with Gasteiger partial charge in [0, 0.05) is 12.1 Å². The standard InChI is InChI=1S/C10H16N4O3/c1-5-12-9(17-14-5)7-4-6(11)2-3-8(7)13-10(15)16/h6-8,13H,2-4,11H2,1H3,(H,15,16)/t6-,7+,8+/m1/s1. The summed E-state index contributed by atoms with van der Waals surface area (Å²) in [5.41, 5.74) is 5.90. The largest absolute Gasteiger partial charge is 0.465 e. The number of nitrogens with two attached hydrogens (primary N) is 1. The van der Waals surface area contributed by atoms with Gasteiger partial charge in [-0.2, -0.15) is 4.98 Å². The second-order valence-corrected chi connectivity index (χ2v) is 4.42. The normalized spacial score (nSPS) is 28.9. The van der Waals surface area contributed by atoms with Crippen molar-refractivity contribution in [2.45, 2.75) is 44.2 Å². The Hall–Kier alpha value is -1.63. The molecule has 3 atom stereocenters. The number of amides is 1. The molecule has 0 bridgehead atoms. The molecule has 0 aromatic carbocycles. The highest BCUT2D eigenvalue weighted by atomic mass is 16.5. The molecule has 0 saturated heterocycles. The maximum absolute atomic E-state index is 10.7. The number of hydrogen-bond acceptors (Lipinski definition) is 5. The van der Waals surface area contributed by atoms with Crippen LogP contribution >= 0.6 is 0 Å². The molecule has 0 unspecified atom stereocenters. The van der Waals surface area contributed by atoms with Gasteiger partial charge in [0.15, 0.2) is 5.82 Å². The number of rotatable bonds is 2. The van der Waals surface area contributed by atoms with Crippen LogP contribution in [0.25, 0.3) is 0 Å². The Balaban J connectivity index is 2.16. The molecule has 94 valence electrons. The summed E-state index contributed by atoms with van der Waals surface area (Å²) in [6.45, 7) is 1.73. The molecule has 1 aliphatic rings. The van der Waals surface area contributed by atoms with Crippen molar-refractivity contribution >= 4 is 6.09 Å². The fourth-order valence-electron chi connectivity index (χ4n) is 2.27. The lowest BCUT2D eigenvalue weighted by molar-refractivity contribution is 0.176. The first-order valence-electron chi connectivity index (χ1n) is 5.61. The molecule has 1 aromatic heterocycles. The molecular weight excluding hydrogens is 224 g/mol. The van der Waals surface area contributed by atoms with E-state index in [1.165, 1.54) is 0 Å². The van der Waals surface area contributed by atoms with Gasteiger partial charge in [0.05, 0.1) is 5.92 Å². The van der Waals surface area contributed by atoms with Crippen LogP contribution in [-0.2, 0) is 0 Å². The third kappa shape index (κ3) is 2.73. The quantitative estimate of drug-likeness (QED) is 0.697. The summed E-state index contributed by atoms with van der Waals surface area (Å²) in [6.07, 6.45) is 1.12. The van der Waals surface area contributed by atoms with Gasteiger partial charge in [-0.1, -0.05) is 5.16 Å². The molecule has 0 spiro atoms. The van der Waals surface area contributed by atoms with Crippen molar-refractivity contribution in [2.75, 3.05) is 0 Å². The number of aromatic nitrogens is 2. The molecule has 7 nitrogen and oxygen atoms in total. The summed E-state index contributed by atoms with van der Waals surface area (Å²) >= 11 is 0. The highest BCUT2D eigenvalue weighted by Crippen LogP contribution is 2.31. The topological polar surface area (TPSA) is 114 Å². The number of hydrogen-bond donors (Lipinski definition) is 3. The number of nitrogens with one attached hydrogen (secondary N) is 1. The van der Waals surface area contributed by atoms with Gasteiger partial charge >= 0.3 is 6.09 Å². The first-order chi connectivity index (χ1) is 8.06. The molecule has 0 aliphatic heterocycles. The fraction of sp³-hybridized carbons (Fsp3) is 0.700. The molecule has 1 heterocycles. The van der Waals surface area contributed by atoms with Crippen LogP contribution in [0.2, 0.25) is 0 Å². The molecule has 1 amide bonds. The zero-order valence-electron chi connectivity index (χ0n) is 9.59. The fourth-order valence-corrected chi connectivity index (χ4v) is 2.27. The van der Waals surface area contributed by atoms with Gasteiger partial charge in [0.2, 0.25) is 5.89 Å². The summed E-state index contributed by atoms with van der Waals surface area (Å²) in [4.78, 5) is 14.9. The molecule has 17 heavy (non-hydrogen) atoms. The van der Waals surface area contributed by atoms with E-state index in [1.807, 2.05) is 0 Å². The van der Waals surface area contributed by atoms with E-state index in [9.17, 15) is 4.79 Å². The summed E-state index contributed by atoms with van der Waals surface area (Å²) in [6, 6.07) is -0.147. The van der Waals surface area contributed by atoms with E-state index < -0.39 is 6.09 Å². The maximum atomic E-state index is 10.7. The Morgan fingerprint density at radius 3 is 2.94 bits per heavy atom. The van der Waals surface area contributed by atoms with E-state index in [-0.39, 0.29) is 18.0 Å². The highest BCUT2D eigenvalue weighted by Gasteiger charge is 2.34. The lowest BCUT2D eigenvalue weighted by atomic mass is 9.82. The second kappa shape index (κ2) is 4.70. The van der Waals surface area contributed by atoms with Crippen molar-refractivity contribution in [3.63, 3.8) is 0 Å². The lowest BCUT2D eigenvalue weighted by Crippen LogP contribution is -2.45. The van der Waals surface area contributed by atoms with E-state index in [1.54, 1.807) is 6.92 Å². The van der Waals surface area contributed by atoms with E-state index in [2.05, 4.69) is 15.5 Å². The molecule has 1 fully saturated rings. The van der Waals surface area contributed by atoms with Crippen LogP contribution < -0.4 is 11.1 Å². The summed E-state index contributed by atoms with van der Waals surface area (Å²) in [5.74, 6) is 0.890. The van der Waals surface area contributed by atoms with Crippen LogP contribution in [0.15, 0.2) is 4.52 Å². The average molecular weight is 240 g/mol. The van der Waals surface area contributed by atoms with Gasteiger partial charge in [0.1, 0.15) is 0 Å². The van der Waals surface area contributed by atoms with Gasteiger partial charge in [-0.25, -0.2) is 4.79 Å². The van der Waals surface area contributed by atoms with E-state index in [4.69, 9.17) is 15.4 Å². The Kier molecular flexibility index (Phi) is 3.28. The third-order valence-corrected chi connectivity index (χ3v) is 3.06. The Morgan fingerprint density at radius 2 is 2.35 bits per heavy atom. The molecular formula is C10H16N4O3. The zero-order chi connectivity index (χ0) is 12.4. The smallest absolute Gasteiger partial charge is 0.404 e. The van der Waals surface area contributed by atoms with E-state index in [0.29, 0.717) is 24.6 Å². The number of carboxylic acid groups (broad SMARTS) is 1. The predicted octanol–water partition coefficient (Wildman–Crippen LogP) is 0.609. The van der Waals surface area contributed by atoms with Crippen LogP contribution in [0.1, 0.15) is 36.9 Å². The number of nitrogens with zero attached hydrogens (tertiary/aromatic N) is 2. The van der Waals surface area contributed by atoms with Crippen molar-refractivity contribution in [2.24, 2.45) is 5.73 Å². The maximum Gasteiger partial charge on any atom is 0.404 e. The van der Waals surface area contributed by atoms with Crippen molar-refractivity contribution < 1.29 is 14.4 Å². The Labute approximate surface area is 98.4 Å². The molecule has 1 aliphatic carbocycles. The van der Waals surface area contributed by atoms with Crippen LogP contribution in [0.3, 0.4) is 0 Å². The third-order valence-electron chi connectivity index (χ3n) is 3.06. The number of carbonyl (C=O) groups is 1. The zero-order valence-corrected chi connectivity index (χ0v) is 9.59. The van der Waals surface area contributed by atoms with Crippen LogP contribution in [0.5, 0.6) is 0 Å².